The van der Waals surface area contributed by atoms with Gasteiger partial charge in [-0.15, -0.1) is 0 Å². The third-order valence-electron chi connectivity index (χ3n) is 6.52. The lowest BCUT2D eigenvalue weighted by Crippen LogP contribution is -2.33. The molecule has 6 atom stereocenters. The largest absolute Gasteiger partial charge is 0.387 e. The molecule has 0 bridgehead atoms. The first kappa shape index (κ1) is 23.0. The van der Waals surface area contributed by atoms with E-state index in [1.54, 1.807) is 0 Å². The molecule has 3 heterocycles. The average Bonchev–Trinajstić information content (AvgIpc) is 3.05. The molecule has 0 spiro atoms. The zero-order valence-electron chi connectivity index (χ0n) is 17.3. The lowest BCUT2D eigenvalue weighted by molar-refractivity contribution is -0.0612. The molecule has 3 fully saturated rings. The number of hydrogen-bond acceptors (Lipinski definition) is 9. The number of aliphatic hydroxyl groups excluding tert-OH is 2. The maximum atomic E-state index is 11.0. The normalized spacial score (nSPS) is 33.3. The van der Waals surface area contributed by atoms with E-state index in [1.165, 1.54) is 17.3 Å². The second-order valence-electron chi connectivity index (χ2n) is 8.87. The molecule has 14 heteroatoms. The van der Waals surface area contributed by atoms with Crippen LogP contribution in [0.15, 0.2) is 6.33 Å². The molecule has 178 valence electrons. The molecular weight excluding hydrogens is 477 g/mol. The van der Waals surface area contributed by atoms with Crippen molar-refractivity contribution in [1.29, 1.82) is 5.26 Å². The summed E-state index contributed by atoms with van der Waals surface area (Å²) in [7, 11) is -4.38. The summed E-state index contributed by atoms with van der Waals surface area (Å²) in [5, 5.41) is 33.9. The number of aromatic nitrogens is 3. The fourth-order valence-corrected chi connectivity index (χ4v) is 5.42. The van der Waals surface area contributed by atoms with Gasteiger partial charge in [0.2, 0.25) is 0 Å². The Hall–Kier alpha value is -1.81. The molecule has 1 saturated heterocycles. The van der Waals surface area contributed by atoms with Crippen LogP contribution in [0.2, 0.25) is 5.15 Å². The van der Waals surface area contributed by atoms with Gasteiger partial charge >= 0.3 is 7.60 Å². The van der Waals surface area contributed by atoms with Crippen LogP contribution in [0, 0.1) is 23.2 Å². The third-order valence-corrected chi connectivity index (χ3v) is 7.31. The Morgan fingerprint density at radius 2 is 2.03 bits per heavy atom. The minimum absolute atomic E-state index is 0.0213. The van der Waals surface area contributed by atoms with Crippen molar-refractivity contribution >= 4 is 36.0 Å². The molecule has 2 aromatic heterocycles. The zero-order chi connectivity index (χ0) is 23.5. The molecule has 0 amide bonds. The van der Waals surface area contributed by atoms with Crippen molar-refractivity contribution in [3.05, 3.63) is 17.0 Å². The number of hydrogen-bond donors (Lipinski definition) is 5. The number of nitriles is 1. The molecule has 2 saturated carbocycles. The fourth-order valence-electron chi connectivity index (χ4n) is 4.86. The molecule has 2 aromatic rings. The van der Waals surface area contributed by atoms with Gasteiger partial charge in [0, 0.05) is 6.04 Å². The first-order chi connectivity index (χ1) is 15.7. The van der Waals surface area contributed by atoms with Crippen LogP contribution in [0.1, 0.15) is 31.1 Å². The predicted octanol–water partition coefficient (Wildman–Crippen LogP) is 0.938. The topological polar surface area (TPSA) is 183 Å². The average molecular weight is 500 g/mol. The van der Waals surface area contributed by atoms with Crippen LogP contribution in [-0.4, -0.2) is 71.8 Å². The summed E-state index contributed by atoms with van der Waals surface area (Å²) in [5.41, 5.74) is 1.32. The molecule has 2 unspecified atom stereocenters. The number of halogens is 1. The minimum Gasteiger partial charge on any atom is -0.387 e. The van der Waals surface area contributed by atoms with E-state index in [9.17, 15) is 20.0 Å². The van der Waals surface area contributed by atoms with Crippen LogP contribution in [0.3, 0.4) is 0 Å². The van der Waals surface area contributed by atoms with Gasteiger partial charge in [-0.3, -0.25) is 9.13 Å². The first-order valence-corrected chi connectivity index (χ1v) is 12.7. The summed E-state index contributed by atoms with van der Waals surface area (Å²) in [6.07, 6.45) is -1.06. The highest BCUT2D eigenvalue weighted by molar-refractivity contribution is 7.51. The first-order valence-electron chi connectivity index (χ1n) is 10.5. The lowest BCUT2D eigenvalue weighted by atomic mass is 10.1. The number of aliphatic hydroxyl groups is 2. The van der Waals surface area contributed by atoms with Gasteiger partial charge in [-0.1, -0.05) is 11.6 Å². The highest BCUT2D eigenvalue weighted by Crippen LogP contribution is 2.52. The Morgan fingerprint density at radius 3 is 2.70 bits per heavy atom. The number of anilines is 1. The highest BCUT2D eigenvalue weighted by atomic mass is 35.5. The van der Waals surface area contributed by atoms with Crippen molar-refractivity contribution in [2.24, 2.45) is 11.8 Å². The molecule has 0 radical (unpaired) electrons. The Morgan fingerprint density at radius 1 is 1.30 bits per heavy atom. The number of pyridine rings is 1. The summed E-state index contributed by atoms with van der Waals surface area (Å²) < 4.78 is 23.0. The van der Waals surface area contributed by atoms with Crippen LogP contribution in [0.25, 0.3) is 11.2 Å². The van der Waals surface area contributed by atoms with Crippen LogP contribution >= 0.6 is 19.2 Å². The van der Waals surface area contributed by atoms with E-state index in [2.05, 4.69) is 21.4 Å². The molecule has 5 N–H and O–H groups in total. The lowest BCUT2D eigenvalue weighted by Gasteiger charge is -2.19. The fraction of sp³-hybridized carbons (Fsp3) is 0.632. The number of ether oxygens (including phenoxy) is 2. The minimum atomic E-state index is -4.38. The van der Waals surface area contributed by atoms with E-state index in [0.29, 0.717) is 11.2 Å². The van der Waals surface area contributed by atoms with Crippen LogP contribution in [-0.2, 0) is 14.0 Å². The monoisotopic (exact) mass is 499 g/mol. The standard InChI is InChI=1S/C19H23ClN5O7P/c20-17-11(4-21)13(23-10-2-8-1-9(8)3-10)14-18(24-17)25(6-22-14)19-16(27)15(26)12(32-19)5-31-7-33(28,29)30/h6,8-10,12,15-16,19,26-27H,1-3,5,7H2,(H,23,24)(H2,28,29,30)/t8?,9?,10?,12-,15-,16-,19-/m1/s1. The van der Waals surface area contributed by atoms with Gasteiger partial charge in [0.25, 0.3) is 0 Å². The van der Waals surface area contributed by atoms with Gasteiger partial charge < -0.3 is 34.8 Å². The van der Waals surface area contributed by atoms with E-state index in [-0.39, 0.29) is 29.0 Å². The Labute approximate surface area is 193 Å². The van der Waals surface area contributed by atoms with E-state index >= 15 is 0 Å². The van der Waals surface area contributed by atoms with Crippen molar-refractivity contribution < 1.29 is 34.0 Å². The van der Waals surface area contributed by atoms with Crippen molar-refractivity contribution in [2.75, 3.05) is 18.3 Å². The van der Waals surface area contributed by atoms with Crippen molar-refractivity contribution in [3.63, 3.8) is 0 Å². The van der Waals surface area contributed by atoms with Crippen molar-refractivity contribution in [1.82, 2.24) is 14.5 Å². The van der Waals surface area contributed by atoms with E-state index in [4.69, 9.17) is 30.9 Å². The van der Waals surface area contributed by atoms with Crippen molar-refractivity contribution in [3.8, 4) is 6.07 Å². The second kappa shape index (κ2) is 8.45. The highest BCUT2D eigenvalue weighted by Gasteiger charge is 2.47. The number of nitrogens with zero attached hydrogens (tertiary/aromatic N) is 4. The smallest absolute Gasteiger partial charge is 0.350 e. The molecular formula is C19H23ClN5O7P. The van der Waals surface area contributed by atoms with Gasteiger partial charge in [-0.05, 0) is 31.1 Å². The van der Waals surface area contributed by atoms with Gasteiger partial charge in [0.05, 0.1) is 18.6 Å². The summed E-state index contributed by atoms with van der Waals surface area (Å²) >= 11 is 6.31. The van der Waals surface area contributed by atoms with E-state index in [1.807, 2.05) is 0 Å². The number of imidazole rings is 1. The van der Waals surface area contributed by atoms with Crippen molar-refractivity contribution in [2.45, 2.75) is 49.8 Å². The summed E-state index contributed by atoms with van der Waals surface area (Å²) in [4.78, 5) is 26.5. The van der Waals surface area contributed by atoms with Crippen LogP contribution in [0.4, 0.5) is 5.69 Å². The maximum Gasteiger partial charge on any atom is 0.350 e. The number of nitrogens with one attached hydrogen (secondary N) is 1. The third kappa shape index (κ3) is 4.36. The zero-order valence-corrected chi connectivity index (χ0v) is 18.9. The Bertz CT molecular complexity index is 1160. The van der Waals surface area contributed by atoms with Crippen LogP contribution in [0.5, 0.6) is 0 Å². The molecule has 33 heavy (non-hydrogen) atoms. The second-order valence-corrected chi connectivity index (χ2v) is 10.8. The maximum absolute atomic E-state index is 11.0. The van der Waals surface area contributed by atoms with Gasteiger partial charge in [0.15, 0.2) is 17.0 Å². The molecule has 1 aliphatic heterocycles. The Kier molecular flexibility index (Phi) is 5.87. The molecule has 3 aliphatic rings. The molecule has 0 aromatic carbocycles. The molecule has 2 aliphatic carbocycles. The molecule has 5 rings (SSSR count). The number of fused-ring (bicyclic) bond motifs is 2. The summed E-state index contributed by atoms with van der Waals surface area (Å²) in [6, 6.07) is 2.29. The SMILES string of the molecule is N#Cc1c(Cl)nc2c(ncn2[C@@H]2O[C@H](COCP(=O)(O)O)[C@@H](O)[C@H]2O)c1NC1CC2CC2C1. The summed E-state index contributed by atoms with van der Waals surface area (Å²) in [5.74, 6) is 1.46. The van der Waals surface area contributed by atoms with Crippen LogP contribution < -0.4 is 5.32 Å². The van der Waals surface area contributed by atoms with Gasteiger partial charge in [-0.25, -0.2) is 9.97 Å². The number of rotatable bonds is 7. The van der Waals surface area contributed by atoms with Gasteiger partial charge in [0.1, 0.15) is 41.8 Å². The van der Waals surface area contributed by atoms with E-state index in [0.717, 1.165) is 24.7 Å². The molecule has 12 nitrogen and oxygen atoms in total. The summed E-state index contributed by atoms with van der Waals surface area (Å²) in [6.45, 7) is -0.337. The predicted molar refractivity (Wildman–Crippen MR) is 114 cm³/mol. The van der Waals surface area contributed by atoms with Gasteiger partial charge in [-0.2, -0.15) is 5.26 Å². The Balaban J connectivity index is 1.41. The quantitative estimate of drug-likeness (QED) is 0.270. The van der Waals surface area contributed by atoms with E-state index < -0.39 is 38.5 Å².